The summed E-state index contributed by atoms with van der Waals surface area (Å²) in [5.74, 6) is -0.233. The molecule has 1 saturated heterocycles. The number of hydrogen-bond acceptors (Lipinski definition) is 6. The number of Topliss-reactive ketones (excluding diaryl/α,β-unsaturated/α-hetero) is 1. The standard InChI is InChI=1S/C30H38ClN5O2/c1-20-5-11-24-25(12-6-20)29(22-7-9-23(31)10-8-22)34-26(30(38)28(24)21(2)32)19-27(37)33-13-4-14-36-17-15-35(3)16-18-36/h5-12,20,26H,4,13-19,32H2,1-3H3,(H,33,37). The smallest absolute Gasteiger partial charge is 0.222 e. The normalized spacial score (nSPS) is 24.0. The van der Waals surface area contributed by atoms with Gasteiger partial charge in [0.25, 0.3) is 0 Å². The molecule has 2 aliphatic heterocycles. The molecule has 2 unspecified atom stereocenters. The fraction of sp³-hybridized carbons (Fsp3) is 0.433. The maximum Gasteiger partial charge on any atom is 0.222 e. The molecule has 3 N–H and O–H groups in total. The van der Waals surface area contributed by atoms with Crippen LogP contribution in [-0.4, -0.2) is 79.6 Å². The number of benzene rings is 1. The number of nitrogens with zero attached hydrogens (tertiary/aromatic N) is 3. The molecule has 1 aromatic carbocycles. The topological polar surface area (TPSA) is 91.0 Å². The SMILES string of the molecule is CC(N)=C1C(=O)C(CC(=O)NCCCN2CCN(C)CC2)N=C(c2ccc(Cl)cc2)C2=C1C=CC(C)C=C2. The number of piperazine rings is 1. The number of allylic oxidation sites excluding steroid dienone is 7. The van der Waals surface area contributed by atoms with E-state index < -0.39 is 6.04 Å². The number of rotatable bonds is 7. The van der Waals surface area contributed by atoms with E-state index in [9.17, 15) is 9.59 Å². The molecule has 0 bridgehead atoms. The number of aliphatic imine (C=N–C) groups is 1. The molecule has 4 rings (SSSR count). The van der Waals surface area contributed by atoms with Crippen LogP contribution in [0.15, 0.2) is 76.0 Å². The number of carbonyl (C=O) groups is 2. The molecule has 2 atom stereocenters. The third kappa shape index (κ3) is 6.90. The van der Waals surface area contributed by atoms with E-state index in [-0.39, 0.29) is 24.0 Å². The van der Waals surface area contributed by atoms with Crippen LogP contribution < -0.4 is 11.1 Å². The van der Waals surface area contributed by atoms with Gasteiger partial charge < -0.3 is 20.9 Å². The Labute approximate surface area is 230 Å². The summed E-state index contributed by atoms with van der Waals surface area (Å²) in [6, 6.07) is 6.51. The van der Waals surface area contributed by atoms with Crippen molar-refractivity contribution in [1.82, 2.24) is 15.1 Å². The first-order valence-corrected chi connectivity index (χ1v) is 13.7. The highest BCUT2D eigenvalue weighted by atomic mass is 35.5. The minimum Gasteiger partial charge on any atom is -0.402 e. The molecule has 8 heteroatoms. The van der Waals surface area contributed by atoms with E-state index in [1.54, 1.807) is 19.1 Å². The van der Waals surface area contributed by atoms with E-state index in [1.807, 2.05) is 30.4 Å². The van der Waals surface area contributed by atoms with Crippen molar-refractivity contribution in [3.8, 4) is 0 Å². The summed E-state index contributed by atoms with van der Waals surface area (Å²) in [4.78, 5) is 36.5. The number of ketones is 1. The zero-order chi connectivity index (χ0) is 27.2. The average molecular weight is 536 g/mol. The van der Waals surface area contributed by atoms with Gasteiger partial charge in [-0.2, -0.15) is 0 Å². The molecular weight excluding hydrogens is 498 g/mol. The summed E-state index contributed by atoms with van der Waals surface area (Å²) >= 11 is 6.15. The van der Waals surface area contributed by atoms with Gasteiger partial charge in [0.1, 0.15) is 6.04 Å². The highest BCUT2D eigenvalue weighted by Gasteiger charge is 2.33. The van der Waals surface area contributed by atoms with Crippen molar-refractivity contribution in [2.24, 2.45) is 16.6 Å². The molecule has 1 aliphatic carbocycles. The van der Waals surface area contributed by atoms with E-state index in [4.69, 9.17) is 22.3 Å². The first kappa shape index (κ1) is 28.0. The Hall–Kier alpha value is -3.00. The lowest BCUT2D eigenvalue weighted by Crippen LogP contribution is -2.45. The first-order valence-electron chi connectivity index (χ1n) is 13.4. The lowest BCUT2D eigenvalue weighted by molar-refractivity contribution is -0.124. The molecule has 2 heterocycles. The van der Waals surface area contributed by atoms with Gasteiger partial charge in [-0.15, -0.1) is 0 Å². The molecule has 202 valence electrons. The van der Waals surface area contributed by atoms with Gasteiger partial charge in [0, 0.05) is 60.2 Å². The molecule has 1 amide bonds. The van der Waals surface area contributed by atoms with E-state index in [0.717, 1.165) is 55.9 Å². The lowest BCUT2D eigenvalue weighted by atomic mass is 9.90. The van der Waals surface area contributed by atoms with E-state index in [1.165, 1.54) is 0 Å². The number of amides is 1. The fourth-order valence-electron chi connectivity index (χ4n) is 4.98. The van der Waals surface area contributed by atoms with Crippen LogP contribution in [-0.2, 0) is 9.59 Å². The average Bonchev–Trinajstić information content (AvgIpc) is 3.13. The van der Waals surface area contributed by atoms with Gasteiger partial charge in [-0.05, 0) is 50.6 Å². The molecule has 0 saturated carbocycles. The minimum absolute atomic E-state index is 0.0361. The van der Waals surface area contributed by atoms with Gasteiger partial charge in [-0.1, -0.05) is 55.0 Å². The van der Waals surface area contributed by atoms with Crippen molar-refractivity contribution in [2.75, 3.05) is 46.3 Å². The molecular formula is C30H38ClN5O2. The molecule has 1 fully saturated rings. The van der Waals surface area contributed by atoms with Crippen LogP contribution in [0.1, 0.15) is 32.3 Å². The number of likely N-dealkylation sites (N-methyl/N-ethyl adjacent to an activating group) is 1. The zero-order valence-corrected chi connectivity index (χ0v) is 23.3. The third-order valence-corrected chi connectivity index (χ3v) is 7.49. The van der Waals surface area contributed by atoms with Gasteiger partial charge in [0.15, 0.2) is 5.78 Å². The molecule has 38 heavy (non-hydrogen) atoms. The van der Waals surface area contributed by atoms with Gasteiger partial charge in [0.2, 0.25) is 5.91 Å². The zero-order valence-electron chi connectivity index (χ0n) is 22.5. The minimum atomic E-state index is -0.877. The summed E-state index contributed by atoms with van der Waals surface area (Å²) in [7, 11) is 2.14. The Balaban J connectivity index is 1.56. The quantitative estimate of drug-likeness (QED) is 0.412. The Bertz CT molecular complexity index is 1200. The summed E-state index contributed by atoms with van der Waals surface area (Å²) < 4.78 is 0. The number of nitrogens with two attached hydrogens (primary N) is 1. The Kier molecular flexibility index (Phi) is 9.36. The number of hydrogen-bond donors (Lipinski definition) is 2. The predicted molar refractivity (Wildman–Crippen MR) is 154 cm³/mol. The van der Waals surface area contributed by atoms with E-state index in [0.29, 0.717) is 28.5 Å². The van der Waals surface area contributed by atoms with Crippen LogP contribution in [0.25, 0.3) is 0 Å². The van der Waals surface area contributed by atoms with Gasteiger partial charge in [0.05, 0.1) is 12.1 Å². The van der Waals surface area contributed by atoms with Crippen molar-refractivity contribution in [3.63, 3.8) is 0 Å². The van der Waals surface area contributed by atoms with Gasteiger partial charge in [-0.25, -0.2) is 0 Å². The van der Waals surface area contributed by atoms with Crippen LogP contribution in [0, 0.1) is 5.92 Å². The number of nitrogens with one attached hydrogen (secondary N) is 1. The van der Waals surface area contributed by atoms with E-state index in [2.05, 4.69) is 35.2 Å². The Morgan fingerprint density at radius 2 is 1.76 bits per heavy atom. The van der Waals surface area contributed by atoms with Gasteiger partial charge >= 0.3 is 0 Å². The number of halogens is 1. The summed E-state index contributed by atoms with van der Waals surface area (Å²) in [6.45, 7) is 9.57. The first-order chi connectivity index (χ1) is 18.2. The van der Waals surface area contributed by atoms with Crippen molar-refractivity contribution in [1.29, 1.82) is 0 Å². The molecule has 0 radical (unpaired) electrons. The monoisotopic (exact) mass is 535 g/mol. The Morgan fingerprint density at radius 1 is 1.11 bits per heavy atom. The molecule has 0 spiro atoms. The van der Waals surface area contributed by atoms with Crippen molar-refractivity contribution < 1.29 is 9.59 Å². The van der Waals surface area contributed by atoms with Crippen LogP contribution in [0.2, 0.25) is 5.02 Å². The van der Waals surface area contributed by atoms with Crippen molar-refractivity contribution in [2.45, 2.75) is 32.7 Å². The van der Waals surface area contributed by atoms with Gasteiger partial charge in [-0.3, -0.25) is 14.6 Å². The predicted octanol–water partition coefficient (Wildman–Crippen LogP) is 3.52. The summed E-state index contributed by atoms with van der Waals surface area (Å²) in [5, 5.41) is 3.61. The molecule has 0 aromatic heterocycles. The lowest BCUT2D eigenvalue weighted by Gasteiger charge is -2.32. The van der Waals surface area contributed by atoms with Crippen LogP contribution in [0.5, 0.6) is 0 Å². The highest BCUT2D eigenvalue weighted by Crippen LogP contribution is 2.32. The maximum atomic E-state index is 13.8. The van der Waals surface area contributed by atoms with Crippen molar-refractivity contribution in [3.05, 3.63) is 81.6 Å². The summed E-state index contributed by atoms with van der Waals surface area (Å²) in [6.07, 6.45) is 8.91. The summed E-state index contributed by atoms with van der Waals surface area (Å²) in [5.41, 5.74) is 10.2. The fourth-order valence-corrected chi connectivity index (χ4v) is 5.11. The van der Waals surface area contributed by atoms with Crippen molar-refractivity contribution >= 4 is 29.0 Å². The highest BCUT2D eigenvalue weighted by molar-refractivity contribution is 6.31. The molecule has 7 nitrogen and oxygen atoms in total. The largest absolute Gasteiger partial charge is 0.402 e. The van der Waals surface area contributed by atoms with Crippen LogP contribution >= 0.6 is 11.6 Å². The van der Waals surface area contributed by atoms with Crippen LogP contribution in [0.3, 0.4) is 0 Å². The number of carbonyl (C=O) groups excluding carboxylic acids is 2. The second kappa shape index (κ2) is 12.7. The second-order valence-electron chi connectivity index (χ2n) is 10.4. The molecule has 3 aliphatic rings. The molecule has 1 aromatic rings. The second-order valence-corrected chi connectivity index (χ2v) is 10.8. The third-order valence-electron chi connectivity index (χ3n) is 7.24. The Morgan fingerprint density at radius 3 is 2.42 bits per heavy atom. The van der Waals surface area contributed by atoms with E-state index >= 15 is 0 Å². The maximum absolute atomic E-state index is 13.8. The van der Waals surface area contributed by atoms with Crippen LogP contribution in [0.4, 0.5) is 0 Å².